The highest BCUT2D eigenvalue weighted by atomic mass is 16.5. The Bertz CT molecular complexity index is 722. The van der Waals surface area contributed by atoms with Crippen LogP contribution >= 0.6 is 0 Å². The van der Waals surface area contributed by atoms with Gasteiger partial charge in [0.1, 0.15) is 0 Å². The second-order valence-corrected chi connectivity index (χ2v) is 8.98. The Labute approximate surface area is 181 Å². The molecule has 1 aliphatic heterocycles. The van der Waals surface area contributed by atoms with Gasteiger partial charge in [0, 0.05) is 58.4 Å². The van der Waals surface area contributed by atoms with Crippen molar-refractivity contribution in [2.75, 3.05) is 47.3 Å². The van der Waals surface area contributed by atoms with E-state index in [2.05, 4.69) is 48.2 Å². The lowest BCUT2D eigenvalue weighted by Gasteiger charge is -2.45. The monoisotopic (exact) mass is 417 g/mol. The van der Waals surface area contributed by atoms with Crippen LogP contribution in [0.25, 0.3) is 0 Å². The van der Waals surface area contributed by atoms with Crippen molar-refractivity contribution in [3.63, 3.8) is 0 Å². The zero-order valence-corrected chi connectivity index (χ0v) is 19.7. The van der Waals surface area contributed by atoms with Gasteiger partial charge in [-0.15, -0.1) is 0 Å². The average molecular weight is 418 g/mol. The number of amides is 1. The fourth-order valence-corrected chi connectivity index (χ4v) is 3.75. The highest BCUT2D eigenvalue weighted by molar-refractivity contribution is 5.94. The van der Waals surface area contributed by atoms with Crippen LogP contribution in [0.15, 0.2) is 29.3 Å². The van der Waals surface area contributed by atoms with Crippen molar-refractivity contribution in [3.05, 3.63) is 35.4 Å². The van der Waals surface area contributed by atoms with Crippen molar-refractivity contribution in [1.82, 2.24) is 20.4 Å². The molecular weight excluding hydrogens is 378 g/mol. The van der Waals surface area contributed by atoms with Gasteiger partial charge >= 0.3 is 0 Å². The number of nitrogens with zero attached hydrogens (tertiary/aromatic N) is 3. The summed E-state index contributed by atoms with van der Waals surface area (Å²) < 4.78 is 5.87. The molecule has 7 nitrogen and oxygen atoms in total. The number of guanidine groups is 1. The van der Waals surface area contributed by atoms with E-state index in [9.17, 15) is 4.79 Å². The summed E-state index contributed by atoms with van der Waals surface area (Å²) in [7, 11) is 5.33. The fraction of sp³-hybridized carbons (Fsp3) is 0.652. The first-order valence-corrected chi connectivity index (χ1v) is 10.8. The Morgan fingerprint density at radius 3 is 2.50 bits per heavy atom. The van der Waals surface area contributed by atoms with Crippen LogP contribution in [0.4, 0.5) is 0 Å². The molecule has 30 heavy (non-hydrogen) atoms. The summed E-state index contributed by atoms with van der Waals surface area (Å²) in [5.41, 5.74) is 1.84. The number of aliphatic imine (C=N–C) groups is 1. The molecule has 1 fully saturated rings. The van der Waals surface area contributed by atoms with Crippen LogP contribution < -0.4 is 10.6 Å². The van der Waals surface area contributed by atoms with Gasteiger partial charge in [0.25, 0.3) is 5.91 Å². The van der Waals surface area contributed by atoms with Crippen LogP contribution in [0.2, 0.25) is 0 Å². The Hall–Kier alpha value is -2.12. The molecule has 1 heterocycles. The molecule has 0 bridgehead atoms. The lowest BCUT2D eigenvalue weighted by atomic mass is 10.00. The van der Waals surface area contributed by atoms with Crippen molar-refractivity contribution < 1.29 is 9.53 Å². The number of morpholine rings is 1. The second kappa shape index (κ2) is 10.8. The molecule has 168 valence electrons. The van der Waals surface area contributed by atoms with Gasteiger partial charge in [0.15, 0.2) is 5.96 Å². The maximum absolute atomic E-state index is 12.1. The SMILES string of the molecule is CN=C(NCCc1cccc(C(=O)N(C)C)c1)NCC(C)(C)N1CC(C)OC(C)C1. The summed E-state index contributed by atoms with van der Waals surface area (Å²) >= 11 is 0. The molecule has 2 N–H and O–H groups in total. The van der Waals surface area contributed by atoms with Crippen LogP contribution in [-0.2, 0) is 11.2 Å². The van der Waals surface area contributed by atoms with E-state index in [1.165, 1.54) is 0 Å². The van der Waals surface area contributed by atoms with Gasteiger partial charge in [-0.1, -0.05) is 12.1 Å². The van der Waals surface area contributed by atoms with Crippen molar-refractivity contribution in [1.29, 1.82) is 0 Å². The number of nitrogens with one attached hydrogen (secondary N) is 2. The van der Waals surface area contributed by atoms with E-state index >= 15 is 0 Å². The molecule has 2 rings (SSSR count). The Balaban J connectivity index is 1.84. The third-order valence-corrected chi connectivity index (χ3v) is 5.47. The van der Waals surface area contributed by atoms with E-state index in [4.69, 9.17) is 4.74 Å². The predicted molar refractivity (Wildman–Crippen MR) is 123 cm³/mol. The van der Waals surface area contributed by atoms with Crippen LogP contribution in [0.1, 0.15) is 43.6 Å². The van der Waals surface area contributed by atoms with Crippen molar-refractivity contribution >= 4 is 11.9 Å². The third kappa shape index (κ3) is 6.99. The number of ether oxygens (including phenoxy) is 1. The molecule has 2 unspecified atom stereocenters. The third-order valence-electron chi connectivity index (χ3n) is 5.47. The summed E-state index contributed by atoms with van der Waals surface area (Å²) in [6, 6.07) is 7.80. The van der Waals surface area contributed by atoms with Crippen molar-refractivity contribution in [2.24, 2.45) is 4.99 Å². The standard InChI is InChI=1S/C23H39N5O2/c1-17-14-28(15-18(2)30-17)23(3,4)16-26-22(24-5)25-12-11-19-9-8-10-20(13-19)21(29)27(6)7/h8-10,13,17-18H,11-12,14-16H2,1-7H3,(H2,24,25,26). The smallest absolute Gasteiger partial charge is 0.253 e. The maximum Gasteiger partial charge on any atom is 0.253 e. The quantitative estimate of drug-likeness (QED) is 0.525. The molecule has 0 saturated carbocycles. The minimum absolute atomic E-state index is 0.00913. The number of carbonyl (C=O) groups is 1. The first-order chi connectivity index (χ1) is 14.1. The van der Waals surface area contributed by atoms with E-state index in [1.807, 2.05) is 24.3 Å². The van der Waals surface area contributed by atoms with E-state index in [1.54, 1.807) is 26.0 Å². The largest absolute Gasteiger partial charge is 0.373 e. The highest BCUT2D eigenvalue weighted by Gasteiger charge is 2.33. The molecule has 1 aromatic rings. The predicted octanol–water partition coefficient (Wildman–Crippen LogP) is 1.98. The van der Waals surface area contributed by atoms with Crippen LogP contribution in [0.5, 0.6) is 0 Å². The minimum atomic E-state index is -0.00913. The summed E-state index contributed by atoms with van der Waals surface area (Å²) in [5.74, 6) is 0.814. The molecule has 1 saturated heterocycles. The Morgan fingerprint density at radius 1 is 1.23 bits per heavy atom. The molecule has 1 amide bonds. The van der Waals surface area contributed by atoms with E-state index in [0.29, 0.717) is 0 Å². The van der Waals surface area contributed by atoms with Gasteiger partial charge in [-0.25, -0.2) is 0 Å². The number of hydrogen-bond acceptors (Lipinski definition) is 4. The van der Waals surface area contributed by atoms with Gasteiger partial charge in [-0.3, -0.25) is 14.7 Å². The minimum Gasteiger partial charge on any atom is -0.373 e. The van der Waals surface area contributed by atoms with Gasteiger partial charge in [-0.2, -0.15) is 0 Å². The summed E-state index contributed by atoms with van der Waals surface area (Å²) in [6.07, 6.45) is 1.32. The molecule has 1 aromatic carbocycles. The van der Waals surface area contributed by atoms with Crippen LogP contribution in [0.3, 0.4) is 0 Å². The molecular formula is C23H39N5O2. The van der Waals surface area contributed by atoms with Gasteiger partial charge in [0.2, 0.25) is 0 Å². The van der Waals surface area contributed by atoms with Crippen molar-refractivity contribution in [3.8, 4) is 0 Å². The zero-order chi connectivity index (χ0) is 22.3. The van der Waals surface area contributed by atoms with Crippen LogP contribution in [-0.4, -0.2) is 86.7 Å². The number of carbonyl (C=O) groups excluding carboxylic acids is 1. The number of hydrogen-bond donors (Lipinski definition) is 2. The highest BCUT2D eigenvalue weighted by Crippen LogP contribution is 2.20. The average Bonchev–Trinajstić information content (AvgIpc) is 2.69. The number of benzene rings is 1. The summed E-state index contributed by atoms with van der Waals surface area (Å²) in [4.78, 5) is 20.6. The molecule has 0 aliphatic carbocycles. The molecule has 0 spiro atoms. The van der Waals surface area contributed by atoms with Gasteiger partial charge in [0.05, 0.1) is 12.2 Å². The Morgan fingerprint density at radius 2 is 1.90 bits per heavy atom. The van der Waals surface area contributed by atoms with Crippen LogP contribution in [0, 0.1) is 0 Å². The van der Waals surface area contributed by atoms with E-state index in [0.717, 1.165) is 49.7 Å². The molecule has 0 radical (unpaired) electrons. The lowest BCUT2D eigenvalue weighted by Crippen LogP contribution is -2.59. The summed E-state index contributed by atoms with van der Waals surface area (Å²) in [6.45, 7) is 12.2. The maximum atomic E-state index is 12.1. The molecule has 7 heteroatoms. The van der Waals surface area contributed by atoms with Gasteiger partial charge in [-0.05, 0) is 51.8 Å². The number of rotatable bonds is 7. The molecule has 0 aromatic heterocycles. The molecule has 1 aliphatic rings. The van der Waals surface area contributed by atoms with E-state index in [-0.39, 0.29) is 23.7 Å². The van der Waals surface area contributed by atoms with E-state index < -0.39 is 0 Å². The first-order valence-electron chi connectivity index (χ1n) is 10.8. The molecule has 2 atom stereocenters. The van der Waals surface area contributed by atoms with Gasteiger partial charge < -0.3 is 20.3 Å². The normalized spacial score (nSPS) is 20.7. The Kier molecular flexibility index (Phi) is 8.67. The topological polar surface area (TPSA) is 69.2 Å². The lowest BCUT2D eigenvalue weighted by molar-refractivity contribution is -0.0946. The second-order valence-electron chi connectivity index (χ2n) is 8.98. The fourth-order valence-electron chi connectivity index (χ4n) is 3.75. The van der Waals surface area contributed by atoms with Crippen molar-refractivity contribution in [2.45, 2.75) is 51.9 Å². The first kappa shape index (κ1) is 24.2. The zero-order valence-electron chi connectivity index (χ0n) is 19.7. The summed E-state index contributed by atoms with van der Waals surface area (Å²) in [5, 5.41) is 6.85.